The summed E-state index contributed by atoms with van der Waals surface area (Å²) in [6.07, 6.45) is -13.3. The van der Waals surface area contributed by atoms with E-state index in [1.807, 2.05) is 0 Å². The molecule has 1 fully saturated rings. The number of ether oxygens (including phenoxy) is 4. The van der Waals surface area contributed by atoms with Crippen molar-refractivity contribution in [2.75, 3.05) is 13.7 Å². The maximum atomic E-state index is 14.2. The van der Waals surface area contributed by atoms with Gasteiger partial charge in [-0.3, -0.25) is 9.59 Å². The Balaban J connectivity index is 1.56. The zero-order valence-electron chi connectivity index (χ0n) is 29.3. The van der Waals surface area contributed by atoms with Crippen LogP contribution in [0.4, 0.5) is 43.9 Å². The Hall–Kier alpha value is -5.48. The van der Waals surface area contributed by atoms with Crippen LogP contribution in [-0.2, 0) is 27.7 Å². The first-order chi connectivity index (χ1) is 26.2. The standard InChI is InChI=1S/C39H33F10NO6/c1-53-35(52)25-12-8-24(9-13-25)22-54-29-15-10-23(11-16-29)21-36(27-4-2-6-30(19-27)55-38(44,45)46,28-5-3-7-31(20-28)56-39(47,48)49)50-34(51)26-14-17-33(40)32(18-26)37(41,42)43/h2-7,10-11,14-20,24-25H,8-9,12-13,21-22H2,1H3,(H,50,51)/t24-,25-. The Labute approximate surface area is 313 Å². The lowest BCUT2D eigenvalue weighted by atomic mass is 9.77. The fourth-order valence-corrected chi connectivity index (χ4v) is 6.58. The Morgan fingerprint density at radius 3 is 1.75 bits per heavy atom. The van der Waals surface area contributed by atoms with Crippen molar-refractivity contribution < 1.29 is 72.4 Å². The van der Waals surface area contributed by atoms with Crippen molar-refractivity contribution in [3.8, 4) is 17.2 Å². The first-order valence-corrected chi connectivity index (χ1v) is 17.0. The summed E-state index contributed by atoms with van der Waals surface area (Å²) < 4.78 is 154. The molecule has 1 aliphatic rings. The average molecular weight is 802 g/mol. The first kappa shape index (κ1) is 41.7. The van der Waals surface area contributed by atoms with Crippen LogP contribution in [-0.4, -0.2) is 38.3 Å². The molecule has 7 nitrogen and oxygen atoms in total. The van der Waals surface area contributed by atoms with E-state index >= 15 is 0 Å². The van der Waals surface area contributed by atoms with E-state index in [1.165, 1.54) is 31.4 Å². The molecule has 0 aliphatic heterocycles. The van der Waals surface area contributed by atoms with Gasteiger partial charge in [0.15, 0.2) is 0 Å². The second-order valence-corrected chi connectivity index (χ2v) is 13.1. The molecule has 0 heterocycles. The molecule has 1 aliphatic carbocycles. The lowest BCUT2D eigenvalue weighted by Gasteiger charge is -2.37. The fourth-order valence-electron chi connectivity index (χ4n) is 6.58. The van der Waals surface area contributed by atoms with Crippen molar-refractivity contribution >= 4 is 11.9 Å². The summed E-state index contributed by atoms with van der Waals surface area (Å²) in [7, 11) is 1.33. The smallest absolute Gasteiger partial charge is 0.493 e. The summed E-state index contributed by atoms with van der Waals surface area (Å²) in [4.78, 5) is 25.8. The van der Waals surface area contributed by atoms with Gasteiger partial charge in [-0.1, -0.05) is 36.4 Å². The molecule has 4 aromatic rings. The summed E-state index contributed by atoms with van der Waals surface area (Å²) >= 11 is 0. The quantitative estimate of drug-likeness (QED) is 0.114. The lowest BCUT2D eigenvalue weighted by molar-refractivity contribution is -0.275. The second-order valence-electron chi connectivity index (χ2n) is 13.1. The van der Waals surface area contributed by atoms with Crippen molar-refractivity contribution in [1.29, 1.82) is 0 Å². The summed E-state index contributed by atoms with van der Waals surface area (Å²) in [5, 5.41) is 2.54. The number of nitrogens with one attached hydrogen (secondary N) is 1. The van der Waals surface area contributed by atoms with Gasteiger partial charge in [-0.05, 0) is 103 Å². The van der Waals surface area contributed by atoms with Gasteiger partial charge in [-0.15, -0.1) is 26.3 Å². The van der Waals surface area contributed by atoms with Crippen LogP contribution >= 0.6 is 0 Å². The van der Waals surface area contributed by atoms with Crippen LogP contribution < -0.4 is 19.5 Å². The number of hydrogen-bond donors (Lipinski definition) is 1. The van der Waals surface area contributed by atoms with Crippen molar-refractivity contribution in [1.82, 2.24) is 5.32 Å². The SMILES string of the molecule is COC(=O)[C@H]1CC[C@H](COc2ccc(CC(NC(=O)c3ccc(F)c(C(F)(F)F)c3)(c3cccc(OC(F)(F)F)c3)c3cccc(OC(F)(F)F)c3)cc2)CC1. The molecule has 0 unspecified atom stereocenters. The molecule has 0 atom stereocenters. The fraction of sp³-hybridized carbons (Fsp3) is 0.333. The van der Waals surface area contributed by atoms with Gasteiger partial charge in [0, 0.05) is 12.0 Å². The zero-order chi connectivity index (χ0) is 40.9. The van der Waals surface area contributed by atoms with E-state index in [9.17, 15) is 53.5 Å². The number of esters is 1. The predicted octanol–water partition coefficient (Wildman–Crippen LogP) is 9.92. The lowest BCUT2D eigenvalue weighted by Crippen LogP contribution is -2.48. The van der Waals surface area contributed by atoms with Crippen LogP contribution in [0.15, 0.2) is 91.0 Å². The number of carbonyl (C=O) groups excluding carboxylic acids is 2. The number of rotatable bonds is 12. The van der Waals surface area contributed by atoms with Crippen LogP contribution in [0, 0.1) is 17.7 Å². The van der Waals surface area contributed by atoms with E-state index in [0.29, 0.717) is 49.7 Å². The normalized spacial score (nSPS) is 16.5. The molecule has 0 aromatic heterocycles. The highest BCUT2D eigenvalue weighted by molar-refractivity contribution is 5.95. The highest BCUT2D eigenvalue weighted by Crippen LogP contribution is 2.40. The number of hydrogen-bond acceptors (Lipinski definition) is 6. The maximum Gasteiger partial charge on any atom is 0.573 e. The third kappa shape index (κ3) is 10.8. The number of halogens is 10. The highest BCUT2D eigenvalue weighted by Gasteiger charge is 2.41. The number of amides is 1. The van der Waals surface area contributed by atoms with Gasteiger partial charge in [0.2, 0.25) is 0 Å². The molecule has 300 valence electrons. The third-order valence-corrected chi connectivity index (χ3v) is 9.24. The zero-order valence-corrected chi connectivity index (χ0v) is 29.3. The largest absolute Gasteiger partial charge is 0.573 e. The molecular formula is C39H33F10NO6. The molecule has 56 heavy (non-hydrogen) atoms. The summed E-state index contributed by atoms with van der Waals surface area (Å²) in [5.74, 6) is -4.48. The van der Waals surface area contributed by atoms with E-state index in [-0.39, 0.29) is 35.0 Å². The molecule has 4 aromatic carbocycles. The van der Waals surface area contributed by atoms with E-state index < -0.39 is 65.2 Å². The number of carbonyl (C=O) groups is 2. The summed E-state index contributed by atoms with van der Waals surface area (Å²) in [6, 6.07) is 15.8. The Kier molecular flexibility index (Phi) is 12.4. The molecule has 0 saturated heterocycles. The minimum Gasteiger partial charge on any atom is -0.493 e. The molecule has 17 heteroatoms. The van der Waals surface area contributed by atoms with Gasteiger partial charge in [0.05, 0.1) is 30.7 Å². The molecule has 0 radical (unpaired) electrons. The van der Waals surface area contributed by atoms with Crippen LogP contribution in [0.3, 0.4) is 0 Å². The van der Waals surface area contributed by atoms with E-state index in [1.54, 1.807) is 12.1 Å². The van der Waals surface area contributed by atoms with Gasteiger partial charge < -0.3 is 24.3 Å². The van der Waals surface area contributed by atoms with Gasteiger partial charge in [-0.2, -0.15) is 13.2 Å². The molecule has 1 N–H and O–H groups in total. The topological polar surface area (TPSA) is 83.1 Å². The Morgan fingerprint density at radius 1 is 0.696 bits per heavy atom. The van der Waals surface area contributed by atoms with Crippen LogP contribution in [0.25, 0.3) is 0 Å². The Bertz CT molecular complexity index is 1930. The van der Waals surface area contributed by atoms with Crippen molar-refractivity contribution in [3.05, 3.63) is 125 Å². The maximum absolute atomic E-state index is 14.2. The number of methoxy groups -OCH3 is 1. The van der Waals surface area contributed by atoms with E-state index in [2.05, 4.69) is 14.8 Å². The monoisotopic (exact) mass is 801 g/mol. The van der Waals surface area contributed by atoms with Gasteiger partial charge >= 0.3 is 24.9 Å². The predicted molar refractivity (Wildman–Crippen MR) is 179 cm³/mol. The Morgan fingerprint density at radius 2 is 1.25 bits per heavy atom. The van der Waals surface area contributed by atoms with Gasteiger partial charge in [0.1, 0.15) is 23.1 Å². The number of benzene rings is 4. The van der Waals surface area contributed by atoms with Crippen molar-refractivity contribution in [2.24, 2.45) is 11.8 Å². The molecule has 5 rings (SSSR count). The van der Waals surface area contributed by atoms with Gasteiger partial charge in [-0.25, -0.2) is 4.39 Å². The minimum atomic E-state index is -5.23. The first-order valence-electron chi connectivity index (χ1n) is 17.0. The minimum absolute atomic E-state index is 0.139. The molecule has 1 saturated carbocycles. The van der Waals surface area contributed by atoms with E-state index in [0.717, 1.165) is 42.5 Å². The number of alkyl halides is 9. The molecule has 0 bridgehead atoms. The molecule has 0 spiro atoms. The van der Waals surface area contributed by atoms with Crippen LogP contribution in [0.1, 0.15) is 58.3 Å². The van der Waals surface area contributed by atoms with Crippen molar-refractivity contribution in [3.63, 3.8) is 0 Å². The van der Waals surface area contributed by atoms with E-state index in [4.69, 9.17) is 9.47 Å². The van der Waals surface area contributed by atoms with Gasteiger partial charge in [0.25, 0.3) is 5.91 Å². The molecule has 1 amide bonds. The second kappa shape index (κ2) is 16.7. The third-order valence-electron chi connectivity index (χ3n) is 9.24. The summed E-state index contributed by atoms with van der Waals surface area (Å²) in [5.41, 5.74) is -4.73. The summed E-state index contributed by atoms with van der Waals surface area (Å²) in [6.45, 7) is 0.308. The van der Waals surface area contributed by atoms with Crippen LogP contribution in [0.2, 0.25) is 0 Å². The molecular weight excluding hydrogens is 768 g/mol. The van der Waals surface area contributed by atoms with Crippen molar-refractivity contribution in [2.45, 2.75) is 56.5 Å². The highest BCUT2D eigenvalue weighted by atomic mass is 19.4. The average Bonchev–Trinajstić information content (AvgIpc) is 3.12. The van der Waals surface area contributed by atoms with Crippen LogP contribution in [0.5, 0.6) is 17.2 Å².